The first-order chi connectivity index (χ1) is 13.4. The highest BCUT2D eigenvalue weighted by molar-refractivity contribution is 6.00. The van der Waals surface area contributed by atoms with Crippen molar-refractivity contribution in [1.82, 2.24) is 0 Å². The smallest absolute Gasteiger partial charge is 0.301 e. The first-order valence-corrected chi connectivity index (χ1v) is 8.51. The van der Waals surface area contributed by atoms with E-state index >= 15 is 0 Å². The van der Waals surface area contributed by atoms with E-state index < -0.39 is 15.5 Å². The molecule has 3 rings (SSSR count). The van der Waals surface area contributed by atoms with E-state index in [1.807, 2.05) is 24.3 Å². The second-order valence-corrected chi connectivity index (χ2v) is 6.22. The number of carbonyl (C=O) groups is 1. The van der Waals surface area contributed by atoms with Gasteiger partial charge in [0, 0.05) is 24.7 Å². The third kappa shape index (κ3) is 3.95. The van der Waals surface area contributed by atoms with Gasteiger partial charge in [0.1, 0.15) is 5.69 Å². The summed E-state index contributed by atoms with van der Waals surface area (Å²) in [6, 6.07) is 10.6. The van der Waals surface area contributed by atoms with Gasteiger partial charge in [0.05, 0.1) is 21.6 Å². The molecule has 2 aromatic carbocycles. The number of nitro benzene ring substituents is 2. The maximum absolute atomic E-state index is 11.8. The molecule has 1 heterocycles. The Morgan fingerprint density at radius 1 is 1.11 bits per heavy atom. The summed E-state index contributed by atoms with van der Waals surface area (Å²) in [7, 11) is 0. The fraction of sp³-hybridized carbons (Fsp3) is 0.222. The second kappa shape index (κ2) is 7.82. The minimum atomic E-state index is -0.706. The van der Waals surface area contributed by atoms with Crippen LogP contribution in [0.15, 0.2) is 47.6 Å². The first-order valence-electron chi connectivity index (χ1n) is 8.51. The van der Waals surface area contributed by atoms with Gasteiger partial charge in [-0.25, -0.2) is 0 Å². The SMILES string of the molecule is C/C(=N/Nc1ccc([N+](=O)[O-])cc1[N+](=O)[O-])c1ccc(N2CCCC2=O)cc1. The molecule has 0 atom stereocenters. The molecule has 0 unspecified atom stereocenters. The lowest BCUT2D eigenvalue weighted by Crippen LogP contribution is -2.23. The van der Waals surface area contributed by atoms with Crippen LogP contribution in [0.2, 0.25) is 0 Å². The molecule has 0 aromatic heterocycles. The van der Waals surface area contributed by atoms with Gasteiger partial charge in [-0.2, -0.15) is 5.10 Å². The number of nitro groups is 2. The Bertz CT molecular complexity index is 971. The Morgan fingerprint density at radius 3 is 2.39 bits per heavy atom. The molecule has 1 amide bonds. The highest BCUT2D eigenvalue weighted by Crippen LogP contribution is 2.29. The molecule has 2 aromatic rings. The van der Waals surface area contributed by atoms with Crippen molar-refractivity contribution in [1.29, 1.82) is 0 Å². The van der Waals surface area contributed by atoms with Crippen molar-refractivity contribution >= 4 is 34.4 Å². The number of hydrogen-bond donors (Lipinski definition) is 1. The zero-order valence-electron chi connectivity index (χ0n) is 15.0. The van der Waals surface area contributed by atoms with Crippen molar-refractivity contribution in [2.75, 3.05) is 16.9 Å². The van der Waals surface area contributed by atoms with Crippen LogP contribution in [0.3, 0.4) is 0 Å². The van der Waals surface area contributed by atoms with Gasteiger partial charge in [0.15, 0.2) is 0 Å². The number of nitrogens with one attached hydrogen (secondary N) is 1. The van der Waals surface area contributed by atoms with E-state index in [4.69, 9.17) is 0 Å². The van der Waals surface area contributed by atoms with Crippen molar-refractivity contribution < 1.29 is 14.6 Å². The largest absolute Gasteiger partial charge is 0.312 e. The van der Waals surface area contributed by atoms with Gasteiger partial charge < -0.3 is 4.90 Å². The van der Waals surface area contributed by atoms with Crippen molar-refractivity contribution in [3.63, 3.8) is 0 Å². The van der Waals surface area contributed by atoms with E-state index in [0.717, 1.165) is 23.7 Å². The minimum Gasteiger partial charge on any atom is -0.312 e. The highest BCUT2D eigenvalue weighted by atomic mass is 16.6. The summed E-state index contributed by atoms with van der Waals surface area (Å²) in [6.07, 6.45) is 1.40. The molecular formula is C18H17N5O5. The summed E-state index contributed by atoms with van der Waals surface area (Å²) in [5, 5.41) is 26.1. The number of amides is 1. The van der Waals surface area contributed by atoms with Gasteiger partial charge >= 0.3 is 5.69 Å². The molecule has 10 nitrogen and oxygen atoms in total. The van der Waals surface area contributed by atoms with Crippen molar-refractivity contribution in [3.05, 3.63) is 68.3 Å². The fourth-order valence-corrected chi connectivity index (χ4v) is 2.89. The maximum Gasteiger partial charge on any atom is 0.301 e. The van der Waals surface area contributed by atoms with Crippen LogP contribution in [0, 0.1) is 20.2 Å². The number of carbonyl (C=O) groups excluding carboxylic acids is 1. The average Bonchev–Trinajstić information content (AvgIpc) is 3.11. The highest BCUT2D eigenvalue weighted by Gasteiger charge is 2.22. The lowest BCUT2D eigenvalue weighted by atomic mass is 10.1. The molecule has 1 N–H and O–H groups in total. The molecule has 1 aliphatic heterocycles. The van der Waals surface area contributed by atoms with Gasteiger partial charge in [-0.3, -0.25) is 30.4 Å². The maximum atomic E-state index is 11.8. The summed E-state index contributed by atoms with van der Waals surface area (Å²) in [6.45, 7) is 2.43. The van der Waals surface area contributed by atoms with Crippen LogP contribution in [-0.2, 0) is 4.79 Å². The Hall–Kier alpha value is -3.82. The van der Waals surface area contributed by atoms with Crippen LogP contribution in [0.1, 0.15) is 25.3 Å². The third-order valence-corrected chi connectivity index (χ3v) is 4.40. The van der Waals surface area contributed by atoms with Crippen LogP contribution in [0.5, 0.6) is 0 Å². The quantitative estimate of drug-likeness (QED) is 0.462. The van der Waals surface area contributed by atoms with Crippen LogP contribution in [0.25, 0.3) is 0 Å². The van der Waals surface area contributed by atoms with E-state index in [2.05, 4.69) is 10.5 Å². The summed E-state index contributed by atoms with van der Waals surface area (Å²) in [5.41, 5.74) is 3.99. The van der Waals surface area contributed by atoms with Crippen molar-refractivity contribution in [2.24, 2.45) is 5.10 Å². The number of nitrogens with zero attached hydrogens (tertiary/aromatic N) is 4. The molecular weight excluding hydrogens is 366 g/mol. The number of anilines is 2. The van der Waals surface area contributed by atoms with E-state index in [9.17, 15) is 25.0 Å². The van der Waals surface area contributed by atoms with Gasteiger partial charge in [-0.05, 0) is 37.1 Å². The van der Waals surface area contributed by atoms with E-state index in [0.29, 0.717) is 18.7 Å². The fourth-order valence-electron chi connectivity index (χ4n) is 2.89. The zero-order chi connectivity index (χ0) is 20.3. The van der Waals surface area contributed by atoms with E-state index in [-0.39, 0.29) is 17.3 Å². The molecule has 0 spiro atoms. The Labute approximate surface area is 159 Å². The van der Waals surface area contributed by atoms with Crippen LogP contribution in [0.4, 0.5) is 22.7 Å². The lowest BCUT2D eigenvalue weighted by molar-refractivity contribution is -0.393. The monoisotopic (exact) mass is 383 g/mol. The molecule has 10 heteroatoms. The molecule has 0 bridgehead atoms. The Kier molecular flexibility index (Phi) is 5.30. The summed E-state index contributed by atoms with van der Waals surface area (Å²) in [5.74, 6) is 0.102. The number of non-ortho nitro benzene ring substituents is 1. The molecule has 1 saturated heterocycles. The van der Waals surface area contributed by atoms with E-state index in [1.54, 1.807) is 11.8 Å². The predicted octanol–water partition coefficient (Wildman–Crippen LogP) is 3.47. The number of benzene rings is 2. The molecule has 0 aliphatic carbocycles. The topological polar surface area (TPSA) is 131 Å². The number of rotatable bonds is 6. The van der Waals surface area contributed by atoms with Gasteiger partial charge in [0.2, 0.25) is 5.91 Å². The summed E-state index contributed by atoms with van der Waals surface area (Å²) in [4.78, 5) is 34.1. The predicted molar refractivity (Wildman–Crippen MR) is 104 cm³/mol. The third-order valence-electron chi connectivity index (χ3n) is 4.40. The van der Waals surface area contributed by atoms with Crippen LogP contribution >= 0.6 is 0 Å². The molecule has 0 radical (unpaired) electrons. The zero-order valence-corrected chi connectivity index (χ0v) is 15.0. The van der Waals surface area contributed by atoms with Gasteiger partial charge in [-0.15, -0.1) is 0 Å². The first kappa shape index (κ1) is 19.0. The number of hydrogen-bond acceptors (Lipinski definition) is 7. The minimum absolute atomic E-state index is 0.0502. The second-order valence-electron chi connectivity index (χ2n) is 6.22. The summed E-state index contributed by atoms with van der Waals surface area (Å²) < 4.78 is 0. The molecule has 1 aliphatic rings. The summed E-state index contributed by atoms with van der Waals surface area (Å²) >= 11 is 0. The van der Waals surface area contributed by atoms with Crippen molar-refractivity contribution in [3.8, 4) is 0 Å². The van der Waals surface area contributed by atoms with Gasteiger partial charge in [-0.1, -0.05) is 12.1 Å². The lowest BCUT2D eigenvalue weighted by Gasteiger charge is -2.15. The Morgan fingerprint density at radius 2 is 1.82 bits per heavy atom. The van der Waals surface area contributed by atoms with Crippen LogP contribution < -0.4 is 10.3 Å². The standard InChI is InChI=1S/C18H17N5O5/c1-12(13-4-6-14(7-5-13)21-10-2-3-18(21)24)19-20-16-9-8-15(22(25)26)11-17(16)23(27)28/h4-9,11,20H,2-3,10H2,1H3/b19-12-. The van der Waals surface area contributed by atoms with Gasteiger partial charge in [0.25, 0.3) is 5.69 Å². The van der Waals surface area contributed by atoms with E-state index in [1.165, 1.54) is 12.1 Å². The van der Waals surface area contributed by atoms with Crippen molar-refractivity contribution in [2.45, 2.75) is 19.8 Å². The molecule has 1 fully saturated rings. The average molecular weight is 383 g/mol. The normalized spacial score (nSPS) is 14.2. The molecule has 0 saturated carbocycles. The number of hydrazone groups is 1. The molecule has 144 valence electrons. The van der Waals surface area contributed by atoms with Crippen LogP contribution in [-0.4, -0.2) is 28.0 Å². The Balaban J connectivity index is 1.78. The molecule has 28 heavy (non-hydrogen) atoms.